The van der Waals surface area contributed by atoms with Crippen LogP contribution in [0, 0.1) is 5.92 Å². The molecule has 1 aromatic carbocycles. The number of aromatic nitrogens is 1. The molecule has 1 saturated heterocycles. The van der Waals surface area contributed by atoms with Gasteiger partial charge >= 0.3 is 5.97 Å². The Kier molecular flexibility index (Phi) is 7.61. The van der Waals surface area contributed by atoms with Crippen LogP contribution in [-0.2, 0) is 19.2 Å². The number of nitrogens with zero attached hydrogens (tertiary/aromatic N) is 2. The molecule has 3 N–H and O–H groups in total. The predicted octanol–water partition coefficient (Wildman–Crippen LogP) is 1.67. The van der Waals surface area contributed by atoms with E-state index in [1.807, 2.05) is 18.2 Å². The maximum absolute atomic E-state index is 13.6. The predicted molar refractivity (Wildman–Crippen MR) is 130 cm³/mol. The number of pyridine rings is 1. The molecule has 3 amide bonds. The smallest absolute Gasteiger partial charge is 0.305 e. The maximum atomic E-state index is 13.6. The van der Waals surface area contributed by atoms with Gasteiger partial charge in [-0.2, -0.15) is 0 Å². The molecule has 0 spiro atoms. The number of aldehydes is 1. The monoisotopic (exact) mass is 494 g/mol. The van der Waals surface area contributed by atoms with E-state index in [0.29, 0.717) is 18.1 Å². The highest BCUT2D eigenvalue weighted by Crippen LogP contribution is 2.40. The number of benzene rings is 1. The van der Waals surface area contributed by atoms with Crippen LogP contribution in [0.3, 0.4) is 0 Å². The second kappa shape index (κ2) is 10.8. The minimum Gasteiger partial charge on any atom is -0.481 e. The Balaban J connectivity index is 1.53. The third-order valence-electron chi connectivity index (χ3n) is 7.14. The molecule has 190 valence electrons. The van der Waals surface area contributed by atoms with Crippen LogP contribution in [0.15, 0.2) is 36.5 Å². The fraction of sp³-hybridized carbons (Fsp3) is 0.462. The Morgan fingerprint density at radius 1 is 1.14 bits per heavy atom. The van der Waals surface area contributed by atoms with Crippen molar-refractivity contribution in [3.8, 4) is 0 Å². The van der Waals surface area contributed by atoms with E-state index >= 15 is 0 Å². The lowest BCUT2D eigenvalue weighted by atomic mass is 9.84. The van der Waals surface area contributed by atoms with Gasteiger partial charge in [0.1, 0.15) is 24.1 Å². The van der Waals surface area contributed by atoms with E-state index in [1.54, 1.807) is 24.0 Å². The van der Waals surface area contributed by atoms with Gasteiger partial charge in [-0.15, -0.1) is 0 Å². The van der Waals surface area contributed by atoms with Crippen molar-refractivity contribution in [3.05, 3.63) is 42.2 Å². The Bertz CT molecular complexity index is 1180. The summed E-state index contributed by atoms with van der Waals surface area (Å²) in [6, 6.07) is 6.05. The summed E-state index contributed by atoms with van der Waals surface area (Å²) in [4.78, 5) is 67.9. The molecule has 1 aliphatic carbocycles. The summed E-state index contributed by atoms with van der Waals surface area (Å²) in [6.07, 6.45) is 5.39. The fourth-order valence-corrected chi connectivity index (χ4v) is 5.46. The molecular formula is C26H30N4O6. The number of rotatable bonds is 8. The zero-order chi connectivity index (χ0) is 25.8. The van der Waals surface area contributed by atoms with Gasteiger partial charge in [0.05, 0.1) is 12.5 Å². The normalized spacial score (nSPS) is 22.8. The summed E-state index contributed by atoms with van der Waals surface area (Å²) < 4.78 is 0. The van der Waals surface area contributed by atoms with E-state index in [4.69, 9.17) is 5.11 Å². The highest BCUT2D eigenvalue weighted by Gasteiger charge is 2.48. The van der Waals surface area contributed by atoms with Gasteiger partial charge in [-0.3, -0.25) is 24.2 Å². The molecule has 10 heteroatoms. The lowest BCUT2D eigenvalue weighted by Crippen LogP contribution is -2.56. The van der Waals surface area contributed by atoms with Crippen LogP contribution < -0.4 is 10.6 Å². The summed E-state index contributed by atoms with van der Waals surface area (Å²) in [7, 11) is 0. The second-order valence-corrected chi connectivity index (χ2v) is 9.53. The average molecular weight is 495 g/mol. The van der Waals surface area contributed by atoms with Gasteiger partial charge in [0.2, 0.25) is 11.8 Å². The molecule has 0 radical (unpaired) electrons. The van der Waals surface area contributed by atoms with Crippen LogP contribution in [0.1, 0.15) is 55.9 Å². The molecule has 0 bridgehead atoms. The molecule has 1 saturated carbocycles. The van der Waals surface area contributed by atoms with E-state index < -0.39 is 42.3 Å². The number of hydrogen-bond acceptors (Lipinski definition) is 6. The fourth-order valence-electron chi connectivity index (χ4n) is 5.46. The number of carbonyl (C=O) groups excluding carboxylic acids is 4. The van der Waals surface area contributed by atoms with E-state index in [1.165, 1.54) is 6.20 Å². The molecule has 4 rings (SSSR count). The quantitative estimate of drug-likeness (QED) is 0.473. The van der Waals surface area contributed by atoms with Crippen molar-refractivity contribution in [2.45, 2.75) is 69.6 Å². The molecule has 1 aromatic heterocycles. The number of carboxylic acid groups (broad SMARTS) is 1. The van der Waals surface area contributed by atoms with Crippen LogP contribution >= 0.6 is 0 Å². The van der Waals surface area contributed by atoms with Crippen molar-refractivity contribution < 1.29 is 29.1 Å². The summed E-state index contributed by atoms with van der Waals surface area (Å²) in [5, 5.41) is 15.7. The van der Waals surface area contributed by atoms with Gasteiger partial charge < -0.3 is 25.4 Å². The SMILES string of the molecule is CC(NC(=O)c1nccc2ccccc12)C(=O)N1C(C(=O)NC(C=O)CC(=O)O)CC2CCCCC21. The summed E-state index contributed by atoms with van der Waals surface area (Å²) >= 11 is 0. The van der Waals surface area contributed by atoms with E-state index in [2.05, 4.69) is 15.6 Å². The molecule has 5 atom stereocenters. The van der Waals surface area contributed by atoms with Gasteiger partial charge in [0.15, 0.2) is 0 Å². The number of carbonyl (C=O) groups is 5. The topological polar surface area (TPSA) is 146 Å². The van der Waals surface area contributed by atoms with E-state index in [0.717, 1.165) is 31.1 Å². The minimum atomic E-state index is -1.21. The number of carboxylic acids is 1. The highest BCUT2D eigenvalue weighted by atomic mass is 16.4. The van der Waals surface area contributed by atoms with Crippen LogP contribution in [0.25, 0.3) is 10.8 Å². The van der Waals surface area contributed by atoms with Crippen LogP contribution in [0.2, 0.25) is 0 Å². The third kappa shape index (κ3) is 5.22. The maximum Gasteiger partial charge on any atom is 0.305 e. The molecule has 5 unspecified atom stereocenters. The first kappa shape index (κ1) is 25.3. The Morgan fingerprint density at radius 3 is 2.64 bits per heavy atom. The first-order valence-electron chi connectivity index (χ1n) is 12.2. The van der Waals surface area contributed by atoms with Crippen molar-refractivity contribution in [2.24, 2.45) is 5.92 Å². The number of amides is 3. The number of nitrogens with one attached hydrogen (secondary N) is 2. The molecule has 10 nitrogen and oxygen atoms in total. The zero-order valence-electron chi connectivity index (χ0n) is 20.1. The Labute approximate surface area is 208 Å². The third-order valence-corrected chi connectivity index (χ3v) is 7.14. The number of likely N-dealkylation sites (tertiary alicyclic amines) is 1. The molecular weight excluding hydrogens is 464 g/mol. The molecule has 2 aromatic rings. The lowest BCUT2D eigenvalue weighted by molar-refractivity contribution is -0.143. The molecule has 2 aliphatic rings. The van der Waals surface area contributed by atoms with Crippen LogP contribution in [0.4, 0.5) is 0 Å². The van der Waals surface area contributed by atoms with Crippen molar-refractivity contribution in [3.63, 3.8) is 0 Å². The van der Waals surface area contributed by atoms with Gasteiger partial charge in [0.25, 0.3) is 5.91 Å². The number of aliphatic carboxylic acids is 1. The van der Waals surface area contributed by atoms with E-state index in [-0.39, 0.29) is 23.6 Å². The molecule has 2 heterocycles. The Morgan fingerprint density at radius 2 is 1.89 bits per heavy atom. The van der Waals surface area contributed by atoms with Crippen molar-refractivity contribution in [2.75, 3.05) is 0 Å². The highest BCUT2D eigenvalue weighted by molar-refractivity contribution is 6.06. The largest absolute Gasteiger partial charge is 0.481 e. The van der Waals surface area contributed by atoms with Gasteiger partial charge in [-0.05, 0) is 43.6 Å². The van der Waals surface area contributed by atoms with Crippen LogP contribution in [-0.4, -0.2) is 69.1 Å². The zero-order valence-corrected chi connectivity index (χ0v) is 20.1. The summed E-state index contributed by atoms with van der Waals surface area (Å²) in [5.41, 5.74) is 0.210. The minimum absolute atomic E-state index is 0.134. The van der Waals surface area contributed by atoms with Gasteiger partial charge in [-0.1, -0.05) is 37.1 Å². The average Bonchev–Trinajstić information content (AvgIpc) is 3.26. The first-order valence-corrected chi connectivity index (χ1v) is 12.2. The van der Waals surface area contributed by atoms with Crippen molar-refractivity contribution >= 4 is 40.7 Å². The van der Waals surface area contributed by atoms with Crippen molar-refractivity contribution in [1.29, 1.82) is 0 Å². The summed E-state index contributed by atoms with van der Waals surface area (Å²) in [6.45, 7) is 1.58. The van der Waals surface area contributed by atoms with E-state index in [9.17, 15) is 24.0 Å². The molecule has 36 heavy (non-hydrogen) atoms. The Hall–Kier alpha value is -3.82. The van der Waals surface area contributed by atoms with Gasteiger partial charge in [0, 0.05) is 17.6 Å². The number of fused-ring (bicyclic) bond motifs is 2. The van der Waals surface area contributed by atoms with Crippen molar-refractivity contribution in [1.82, 2.24) is 20.5 Å². The van der Waals surface area contributed by atoms with Gasteiger partial charge in [-0.25, -0.2) is 0 Å². The standard InChI is InChI=1S/C26H30N4O6/c1-15(28-25(35)23-19-8-4-2-6-16(19)10-11-27-23)26(36)30-20-9-5-3-7-17(20)12-21(30)24(34)29-18(14-31)13-22(32)33/h2,4,6,8,10-11,14-15,17-18,20-21H,3,5,7,9,12-13H2,1H3,(H,28,35)(H,29,34)(H,32,33). The first-order chi connectivity index (χ1) is 17.3. The second-order valence-electron chi connectivity index (χ2n) is 9.53. The van der Waals surface area contributed by atoms with Crippen LogP contribution in [0.5, 0.6) is 0 Å². The number of hydrogen-bond donors (Lipinski definition) is 3. The lowest BCUT2D eigenvalue weighted by Gasteiger charge is -2.35. The summed E-state index contributed by atoms with van der Waals surface area (Å²) in [5.74, 6) is -2.51. The molecule has 1 aliphatic heterocycles. The molecule has 2 fully saturated rings.